The van der Waals surface area contributed by atoms with E-state index in [9.17, 15) is 4.79 Å². The van der Waals surface area contributed by atoms with Crippen LogP contribution in [0.2, 0.25) is 0 Å². The third-order valence-electron chi connectivity index (χ3n) is 5.72. The highest BCUT2D eigenvalue weighted by Crippen LogP contribution is 2.18. The van der Waals surface area contributed by atoms with Crippen molar-refractivity contribution in [1.82, 2.24) is 23.8 Å². The number of rotatable bonds is 8. The number of aromatic nitrogens is 3. The number of hydrogen-bond donors (Lipinski definition) is 1. The van der Waals surface area contributed by atoms with Gasteiger partial charge in [-0.3, -0.25) is 9.20 Å². The molecule has 1 saturated heterocycles. The van der Waals surface area contributed by atoms with Crippen LogP contribution in [0.3, 0.4) is 0 Å². The minimum absolute atomic E-state index is 0.0169. The molecule has 156 valence electrons. The molecule has 29 heavy (non-hydrogen) atoms. The molecule has 1 aliphatic heterocycles. The van der Waals surface area contributed by atoms with Gasteiger partial charge in [-0.1, -0.05) is 0 Å². The highest BCUT2D eigenvalue weighted by Gasteiger charge is 2.17. The van der Waals surface area contributed by atoms with Crippen molar-refractivity contribution in [3.8, 4) is 5.88 Å². The lowest BCUT2D eigenvalue weighted by Gasteiger charge is -2.34. The van der Waals surface area contributed by atoms with E-state index in [1.807, 2.05) is 33.4 Å². The third kappa shape index (κ3) is 4.14. The average Bonchev–Trinajstić information content (AvgIpc) is 3.25. The summed E-state index contributed by atoms with van der Waals surface area (Å²) in [6.07, 6.45) is 3.62. The number of nitrogens with zero attached hydrogens (tertiary/aromatic N) is 5. The first-order valence-corrected chi connectivity index (χ1v) is 10.3. The topological polar surface area (TPSA) is 75.2 Å². The standard InChI is InChI=1S/C21H29N5O3/c1-29-19-7-6-17-20(22-19)25-10-2-5-18(25)21(28)26(17)11-3-8-23-12-14-24(15-13-23)9-4-16-27/h2,5-7,10,27H,3-4,8-9,11-16H2,1H3. The zero-order valence-corrected chi connectivity index (χ0v) is 17.0. The second-order valence-corrected chi connectivity index (χ2v) is 7.53. The summed E-state index contributed by atoms with van der Waals surface area (Å²) < 4.78 is 8.95. The molecule has 1 aliphatic rings. The summed E-state index contributed by atoms with van der Waals surface area (Å²) in [5.41, 5.74) is 2.22. The molecule has 0 radical (unpaired) electrons. The molecule has 0 saturated carbocycles. The maximum Gasteiger partial charge on any atom is 0.275 e. The molecule has 3 aromatic heterocycles. The Hall–Kier alpha value is -2.42. The van der Waals surface area contributed by atoms with Crippen molar-refractivity contribution in [2.45, 2.75) is 19.4 Å². The lowest BCUT2D eigenvalue weighted by atomic mass is 10.2. The quantitative estimate of drug-likeness (QED) is 0.610. The molecular formula is C21H29N5O3. The van der Waals surface area contributed by atoms with E-state index in [2.05, 4.69) is 14.8 Å². The Balaban J connectivity index is 1.47. The lowest BCUT2D eigenvalue weighted by molar-refractivity contribution is 0.122. The predicted octanol–water partition coefficient (Wildman–Crippen LogP) is 1.05. The minimum atomic E-state index is 0.0169. The van der Waals surface area contributed by atoms with E-state index in [1.54, 1.807) is 13.2 Å². The summed E-state index contributed by atoms with van der Waals surface area (Å²) in [5, 5.41) is 8.97. The molecule has 0 unspecified atom stereocenters. The molecule has 0 amide bonds. The fourth-order valence-corrected chi connectivity index (χ4v) is 4.12. The first kappa shape index (κ1) is 19.9. The number of aliphatic hydroxyl groups is 1. The summed E-state index contributed by atoms with van der Waals surface area (Å²) in [5.74, 6) is 0.539. The monoisotopic (exact) mass is 399 g/mol. The van der Waals surface area contributed by atoms with Crippen molar-refractivity contribution in [2.75, 3.05) is 53.0 Å². The Morgan fingerprint density at radius 1 is 1.00 bits per heavy atom. The van der Waals surface area contributed by atoms with E-state index in [0.717, 1.165) is 63.3 Å². The Morgan fingerprint density at radius 3 is 2.41 bits per heavy atom. The van der Waals surface area contributed by atoms with Crippen molar-refractivity contribution in [3.05, 3.63) is 40.8 Å². The van der Waals surface area contributed by atoms with Crippen LogP contribution in [-0.4, -0.2) is 81.8 Å². The fraction of sp³-hybridized carbons (Fsp3) is 0.524. The van der Waals surface area contributed by atoms with E-state index in [4.69, 9.17) is 9.84 Å². The Bertz CT molecular complexity index is 1020. The molecule has 8 nitrogen and oxygen atoms in total. The van der Waals surface area contributed by atoms with Crippen LogP contribution in [0, 0.1) is 0 Å². The molecule has 0 atom stereocenters. The molecule has 3 aromatic rings. The summed E-state index contributed by atoms with van der Waals surface area (Å²) in [6.45, 7) is 7.03. The maximum absolute atomic E-state index is 13.0. The normalized spacial score (nSPS) is 16.1. The number of hydrogen-bond acceptors (Lipinski definition) is 6. The largest absolute Gasteiger partial charge is 0.481 e. The van der Waals surface area contributed by atoms with Crippen LogP contribution in [0.15, 0.2) is 35.3 Å². The summed E-state index contributed by atoms with van der Waals surface area (Å²) in [4.78, 5) is 22.5. The number of pyridine rings is 1. The first-order valence-electron chi connectivity index (χ1n) is 10.3. The van der Waals surface area contributed by atoms with Gasteiger partial charge >= 0.3 is 0 Å². The molecular weight excluding hydrogens is 370 g/mol. The zero-order valence-electron chi connectivity index (χ0n) is 17.0. The van der Waals surface area contributed by atoms with E-state index in [1.165, 1.54) is 0 Å². The molecule has 0 spiro atoms. The molecule has 1 N–H and O–H groups in total. The number of piperazine rings is 1. The van der Waals surface area contributed by atoms with Gasteiger partial charge in [-0.15, -0.1) is 0 Å². The van der Waals surface area contributed by atoms with Crippen LogP contribution in [0.25, 0.3) is 16.7 Å². The second kappa shape index (κ2) is 8.94. The van der Waals surface area contributed by atoms with Crippen LogP contribution in [0.1, 0.15) is 12.8 Å². The second-order valence-electron chi connectivity index (χ2n) is 7.53. The number of methoxy groups -OCH3 is 1. The smallest absolute Gasteiger partial charge is 0.275 e. The van der Waals surface area contributed by atoms with Crippen LogP contribution in [-0.2, 0) is 6.54 Å². The van der Waals surface area contributed by atoms with Crippen molar-refractivity contribution in [2.24, 2.45) is 0 Å². The van der Waals surface area contributed by atoms with E-state index in [-0.39, 0.29) is 12.2 Å². The van der Waals surface area contributed by atoms with Gasteiger partial charge in [0.15, 0.2) is 5.65 Å². The SMILES string of the molecule is COc1ccc2c(n1)n1cccc1c(=O)n2CCCN1CCN(CCCO)CC1. The summed E-state index contributed by atoms with van der Waals surface area (Å²) >= 11 is 0. The van der Waals surface area contributed by atoms with Crippen molar-refractivity contribution < 1.29 is 9.84 Å². The van der Waals surface area contributed by atoms with Crippen LogP contribution in [0.5, 0.6) is 5.88 Å². The Labute approximate surface area is 169 Å². The molecule has 0 aliphatic carbocycles. The van der Waals surface area contributed by atoms with E-state index >= 15 is 0 Å². The van der Waals surface area contributed by atoms with Crippen molar-refractivity contribution >= 4 is 16.7 Å². The van der Waals surface area contributed by atoms with Gasteiger partial charge in [0.25, 0.3) is 5.56 Å². The number of fused-ring (bicyclic) bond motifs is 3. The summed E-state index contributed by atoms with van der Waals surface area (Å²) in [6, 6.07) is 7.43. The molecule has 0 bridgehead atoms. The third-order valence-corrected chi connectivity index (χ3v) is 5.72. The predicted molar refractivity (Wildman–Crippen MR) is 113 cm³/mol. The van der Waals surface area contributed by atoms with E-state index < -0.39 is 0 Å². The number of ether oxygens (including phenoxy) is 1. The number of aliphatic hydroxyl groups excluding tert-OH is 1. The van der Waals surface area contributed by atoms with Gasteiger partial charge in [0.1, 0.15) is 5.52 Å². The van der Waals surface area contributed by atoms with Crippen LogP contribution in [0.4, 0.5) is 0 Å². The van der Waals surface area contributed by atoms with Gasteiger partial charge in [-0.05, 0) is 37.6 Å². The first-order chi connectivity index (χ1) is 14.2. The van der Waals surface area contributed by atoms with Crippen LogP contribution < -0.4 is 10.3 Å². The molecule has 0 aromatic carbocycles. The van der Waals surface area contributed by atoms with Crippen LogP contribution >= 0.6 is 0 Å². The molecule has 4 heterocycles. The zero-order chi connectivity index (χ0) is 20.2. The minimum Gasteiger partial charge on any atom is -0.481 e. The lowest BCUT2D eigenvalue weighted by Crippen LogP contribution is -2.47. The highest BCUT2D eigenvalue weighted by molar-refractivity contribution is 5.75. The van der Waals surface area contributed by atoms with Crippen molar-refractivity contribution in [1.29, 1.82) is 0 Å². The van der Waals surface area contributed by atoms with Crippen molar-refractivity contribution in [3.63, 3.8) is 0 Å². The average molecular weight is 399 g/mol. The Kier molecular flexibility index (Phi) is 6.13. The summed E-state index contributed by atoms with van der Waals surface area (Å²) in [7, 11) is 1.60. The van der Waals surface area contributed by atoms with Gasteiger partial charge in [0.2, 0.25) is 5.88 Å². The molecule has 4 rings (SSSR count). The Morgan fingerprint density at radius 2 is 1.72 bits per heavy atom. The van der Waals surface area contributed by atoms with Gasteiger partial charge < -0.3 is 24.2 Å². The van der Waals surface area contributed by atoms with Gasteiger partial charge in [0, 0.05) is 58.1 Å². The number of aryl methyl sites for hydroxylation is 1. The van der Waals surface area contributed by atoms with Gasteiger partial charge in [0.05, 0.1) is 12.6 Å². The van der Waals surface area contributed by atoms with Gasteiger partial charge in [-0.25, -0.2) is 0 Å². The van der Waals surface area contributed by atoms with Gasteiger partial charge in [-0.2, -0.15) is 4.98 Å². The van der Waals surface area contributed by atoms with E-state index in [0.29, 0.717) is 17.9 Å². The highest BCUT2D eigenvalue weighted by atomic mass is 16.5. The molecule has 8 heteroatoms. The fourth-order valence-electron chi connectivity index (χ4n) is 4.12. The maximum atomic E-state index is 13.0. The molecule has 1 fully saturated rings.